The average molecular weight is 245 g/mol. The molecule has 1 unspecified atom stereocenters. The molecule has 0 saturated heterocycles. The van der Waals surface area contributed by atoms with Crippen molar-refractivity contribution >= 4 is 5.69 Å². The molecule has 2 nitrogen and oxygen atoms in total. The lowest BCUT2D eigenvalue weighted by Crippen LogP contribution is -2.29. The summed E-state index contributed by atoms with van der Waals surface area (Å²) in [5.41, 5.74) is 3.18. The largest absolute Gasteiger partial charge is 0.495 e. The van der Waals surface area contributed by atoms with Crippen molar-refractivity contribution in [3.8, 4) is 5.75 Å². The van der Waals surface area contributed by atoms with Gasteiger partial charge in [0, 0.05) is 12.5 Å². The highest BCUT2D eigenvalue weighted by Crippen LogP contribution is 2.52. The van der Waals surface area contributed by atoms with Crippen molar-refractivity contribution in [1.82, 2.24) is 0 Å². The van der Waals surface area contributed by atoms with Gasteiger partial charge in [-0.3, -0.25) is 0 Å². The Morgan fingerprint density at radius 2 is 2.00 bits per heavy atom. The lowest BCUT2D eigenvalue weighted by atomic mass is 9.66. The summed E-state index contributed by atoms with van der Waals surface area (Å²) in [6.45, 7) is 3.55. The van der Waals surface area contributed by atoms with E-state index in [0.29, 0.717) is 11.3 Å². The number of ether oxygens (including phenoxy) is 1. The van der Waals surface area contributed by atoms with Gasteiger partial charge < -0.3 is 10.1 Å². The SMILES string of the molecule is COc1cccc2c1NCC2C1(C)CCCCC1. The predicted molar refractivity (Wildman–Crippen MR) is 75.4 cm³/mol. The first-order chi connectivity index (χ1) is 8.74. The van der Waals surface area contributed by atoms with Crippen molar-refractivity contribution in [2.24, 2.45) is 5.41 Å². The molecular weight excluding hydrogens is 222 g/mol. The summed E-state index contributed by atoms with van der Waals surface area (Å²) in [6.07, 6.45) is 6.95. The van der Waals surface area contributed by atoms with Crippen LogP contribution >= 0.6 is 0 Å². The van der Waals surface area contributed by atoms with E-state index in [1.165, 1.54) is 43.4 Å². The Hall–Kier alpha value is -1.18. The van der Waals surface area contributed by atoms with Crippen LogP contribution in [0.5, 0.6) is 5.75 Å². The van der Waals surface area contributed by atoms with Gasteiger partial charge in [-0.1, -0.05) is 38.3 Å². The summed E-state index contributed by atoms with van der Waals surface area (Å²) in [5, 5.41) is 3.57. The molecule has 0 bridgehead atoms. The molecule has 1 N–H and O–H groups in total. The normalized spacial score (nSPS) is 25.3. The fourth-order valence-corrected chi connectivity index (χ4v) is 3.84. The summed E-state index contributed by atoms with van der Waals surface area (Å²) >= 11 is 0. The molecular formula is C16H23NO. The fraction of sp³-hybridized carbons (Fsp3) is 0.625. The summed E-state index contributed by atoms with van der Waals surface area (Å²) in [6, 6.07) is 6.46. The quantitative estimate of drug-likeness (QED) is 0.844. The van der Waals surface area contributed by atoms with Crippen molar-refractivity contribution in [3.05, 3.63) is 23.8 Å². The predicted octanol–water partition coefficient (Wildman–Crippen LogP) is 4.17. The molecule has 1 heterocycles. The standard InChI is InChI=1S/C16H23NO/c1-16(9-4-3-5-10-16)13-11-17-15-12(13)7-6-8-14(15)18-2/h6-8,13,17H,3-5,9-11H2,1-2H3. The third-order valence-electron chi connectivity index (χ3n) is 4.97. The minimum Gasteiger partial charge on any atom is -0.495 e. The van der Waals surface area contributed by atoms with Crippen LogP contribution in [0.25, 0.3) is 0 Å². The van der Waals surface area contributed by atoms with Gasteiger partial charge >= 0.3 is 0 Å². The van der Waals surface area contributed by atoms with Gasteiger partial charge in [0.2, 0.25) is 0 Å². The highest BCUT2D eigenvalue weighted by Gasteiger charge is 2.40. The van der Waals surface area contributed by atoms with Crippen LogP contribution in [0.2, 0.25) is 0 Å². The third kappa shape index (κ3) is 1.79. The van der Waals surface area contributed by atoms with E-state index in [1.807, 2.05) is 0 Å². The molecule has 1 aliphatic carbocycles. The number of hydrogen-bond acceptors (Lipinski definition) is 2. The van der Waals surface area contributed by atoms with Gasteiger partial charge in [-0.25, -0.2) is 0 Å². The fourth-order valence-electron chi connectivity index (χ4n) is 3.84. The van der Waals surface area contributed by atoms with Crippen LogP contribution in [0.1, 0.15) is 50.5 Å². The number of methoxy groups -OCH3 is 1. The Morgan fingerprint density at radius 3 is 2.72 bits per heavy atom. The Morgan fingerprint density at radius 1 is 1.22 bits per heavy atom. The van der Waals surface area contributed by atoms with Crippen LogP contribution < -0.4 is 10.1 Å². The third-order valence-corrected chi connectivity index (χ3v) is 4.97. The molecule has 1 aliphatic heterocycles. The second kappa shape index (κ2) is 4.49. The van der Waals surface area contributed by atoms with Crippen LogP contribution in [-0.2, 0) is 0 Å². The maximum Gasteiger partial charge on any atom is 0.142 e. The molecule has 2 aliphatic rings. The Labute approximate surface area is 110 Å². The van der Waals surface area contributed by atoms with Crippen LogP contribution in [0.15, 0.2) is 18.2 Å². The zero-order valence-electron chi connectivity index (χ0n) is 11.5. The highest BCUT2D eigenvalue weighted by atomic mass is 16.5. The maximum atomic E-state index is 5.46. The van der Waals surface area contributed by atoms with Gasteiger partial charge in [-0.05, 0) is 29.9 Å². The summed E-state index contributed by atoms with van der Waals surface area (Å²) in [5.74, 6) is 1.65. The van der Waals surface area contributed by atoms with Crippen molar-refractivity contribution in [2.75, 3.05) is 19.0 Å². The van der Waals surface area contributed by atoms with Gasteiger partial charge in [-0.15, -0.1) is 0 Å². The molecule has 1 aromatic carbocycles. The van der Waals surface area contributed by atoms with E-state index in [-0.39, 0.29) is 0 Å². The minimum absolute atomic E-state index is 0.475. The first-order valence-corrected chi connectivity index (χ1v) is 7.15. The Balaban J connectivity index is 1.94. The molecule has 1 fully saturated rings. The van der Waals surface area contributed by atoms with E-state index in [2.05, 4.69) is 30.4 Å². The van der Waals surface area contributed by atoms with E-state index in [9.17, 15) is 0 Å². The molecule has 3 rings (SSSR count). The number of benzene rings is 1. The lowest BCUT2D eigenvalue weighted by molar-refractivity contribution is 0.177. The Bertz CT molecular complexity index is 435. The second-order valence-electron chi connectivity index (χ2n) is 6.07. The zero-order chi connectivity index (χ0) is 12.6. The molecule has 0 amide bonds. The summed E-state index contributed by atoms with van der Waals surface area (Å²) < 4.78 is 5.46. The molecule has 1 aromatic rings. The summed E-state index contributed by atoms with van der Waals surface area (Å²) in [7, 11) is 1.76. The van der Waals surface area contributed by atoms with Crippen molar-refractivity contribution in [2.45, 2.75) is 44.9 Å². The van der Waals surface area contributed by atoms with Gasteiger partial charge in [0.05, 0.1) is 12.8 Å². The molecule has 98 valence electrons. The maximum absolute atomic E-state index is 5.46. The van der Waals surface area contributed by atoms with Gasteiger partial charge in [0.25, 0.3) is 0 Å². The van der Waals surface area contributed by atoms with Crippen molar-refractivity contribution in [1.29, 1.82) is 0 Å². The topological polar surface area (TPSA) is 21.3 Å². The van der Waals surface area contributed by atoms with E-state index in [0.717, 1.165) is 12.3 Å². The number of rotatable bonds is 2. The van der Waals surface area contributed by atoms with Crippen LogP contribution in [0.4, 0.5) is 5.69 Å². The van der Waals surface area contributed by atoms with Gasteiger partial charge in [0.15, 0.2) is 0 Å². The number of hydrogen-bond donors (Lipinski definition) is 1. The Kier molecular flexibility index (Phi) is 2.96. The van der Waals surface area contributed by atoms with E-state index < -0.39 is 0 Å². The van der Waals surface area contributed by atoms with E-state index >= 15 is 0 Å². The van der Waals surface area contributed by atoms with Crippen molar-refractivity contribution < 1.29 is 4.74 Å². The van der Waals surface area contributed by atoms with Crippen LogP contribution in [0, 0.1) is 5.41 Å². The van der Waals surface area contributed by atoms with Crippen LogP contribution in [-0.4, -0.2) is 13.7 Å². The smallest absolute Gasteiger partial charge is 0.142 e. The highest BCUT2D eigenvalue weighted by molar-refractivity contribution is 5.67. The first kappa shape index (κ1) is 11.9. The van der Waals surface area contributed by atoms with E-state index in [1.54, 1.807) is 7.11 Å². The molecule has 18 heavy (non-hydrogen) atoms. The molecule has 0 spiro atoms. The number of fused-ring (bicyclic) bond motifs is 1. The van der Waals surface area contributed by atoms with Gasteiger partial charge in [0.1, 0.15) is 5.75 Å². The molecule has 2 heteroatoms. The second-order valence-corrected chi connectivity index (χ2v) is 6.07. The van der Waals surface area contributed by atoms with Gasteiger partial charge in [-0.2, -0.15) is 0 Å². The van der Waals surface area contributed by atoms with E-state index in [4.69, 9.17) is 4.74 Å². The summed E-state index contributed by atoms with van der Waals surface area (Å²) in [4.78, 5) is 0. The average Bonchev–Trinajstić information content (AvgIpc) is 2.84. The molecule has 0 radical (unpaired) electrons. The molecule has 1 atom stereocenters. The molecule has 1 saturated carbocycles. The lowest BCUT2D eigenvalue weighted by Gasteiger charge is -2.39. The zero-order valence-corrected chi connectivity index (χ0v) is 11.5. The molecule has 0 aromatic heterocycles. The number of nitrogens with one attached hydrogen (secondary N) is 1. The number of anilines is 1. The number of para-hydroxylation sites is 1. The first-order valence-electron chi connectivity index (χ1n) is 7.15. The monoisotopic (exact) mass is 245 g/mol. The minimum atomic E-state index is 0.475. The van der Waals surface area contributed by atoms with Crippen molar-refractivity contribution in [3.63, 3.8) is 0 Å². The van der Waals surface area contributed by atoms with Crippen LogP contribution in [0.3, 0.4) is 0 Å².